The molecular weight excluding hydrogens is 318 g/mol. The summed E-state index contributed by atoms with van der Waals surface area (Å²) < 4.78 is 26.8. The highest BCUT2D eigenvalue weighted by molar-refractivity contribution is 7.80. The van der Waals surface area contributed by atoms with E-state index in [0.29, 0.717) is 5.56 Å². The van der Waals surface area contributed by atoms with Crippen LogP contribution < -0.4 is 11.1 Å². The average molecular weight is 327 g/mol. The molecule has 0 saturated heterocycles. The molecule has 3 nitrogen and oxygen atoms in total. The third-order valence-electron chi connectivity index (χ3n) is 2.68. The fraction of sp³-hybridized carbons (Fsp3) is 0. The molecule has 0 atom stereocenters. The molecule has 7 heteroatoms. The van der Waals surface area contributed by atoms with Gasteiger partial charge in [0.25, 0.3) is 5.91 Å². The molecule has 0 unspecified atom stereocenters. The van der Waals surface area contributed by atoms with Crippen molar-refractivity contribution in [3.8, 4) is 0 Å². The Bertz CT molecular complexity index is 737. The first kappa shape index (κ1) is 15.3. The monoisotopic (exact) mass is 326 g/mol. The molecule has 108 valence electrons. The molecule has 0 heterocycles. The SMILES string of the molecule is NC(=S)c1ccc(NC(=O)c2ccc(F)cc2Cl)c(F)c1. The van der Waals surface area contributed by atoms with E-state index in [0.717, 1.165) is 18.2 Å². The van der Waals surface area contributed by atoms with E-state index in [-0.39, 0.29) is 21.3 Å². The Morgan fingerprint density at radius 2 is 1.90 bits per heavy atom. The summed E-state index contributed by atoms with van der Waals surface area (Å²) in [5, 5.41) is 2.29. The van der Waals surface area contributed by atoms with Gasteiger partial charge in [-0.05, 0) is 36.4 Å². The summed E-state index contributed by atoms with van der Waals surface area (Å²) in [5.74, 6) is -1.91. The Morgan fingerprint density at radius 3 is 2.48 bits per heavy atom. The van der Waals surface area contributed by atoms with Gasteiger partial charge in [-0.1, -0.05) is 23.8 Å². The Kier molecular flexibility index (Phi) is 4.50. The highest BCUT2D eigenvalue weighted by atomic mass is 35.5. The molecular formula is C14H9ClF2N2OS. The van der Waals surface area contributed by atoms with Crippen LogP contribution in [0.15, 0.2) is 36.4 Å². The Hall–Kier alpha value is -2.05. The van der Waals surface area contributed by atoms with Crippen molar-refractivity contribution in [2.24, 2.45) is 5.73 Å². The van der Waals surface area contributed by atoms with Crippen LogP contribution >= 0.6 is 23.8 Å². The molecule has 2 rings (SSSR count). The van der Waals surface area contributed by atoms with Gasteiger partial charge >= 0.3 is 0 Å². The van der Waals surface area contributed by atoms with Gasteiger partial charge in [0.05, 0.1) is 16.3 Å². The zero-order valence-corrected chi connectivity index (χ0v) is 12.1. The number of nitrogens with one attached hydrogen (secondary N) is 1. The van der Waals surface area contributed by atoms with Crippen molar-refractivity contribution >= 4 is 40.4 Å². The number of carbonyl (C=O) groups is 1. The molecule has 0 aliphatic carbocycles. The molecule has 21 heavy (non-hydrogen) atoms. The van der Waals surface area contributed by atoms with Crippen LogP contribution in [0.1, 0.15) is 15.9 Å². The first-order valence-corrected chi connectivity index (χ1v) is 6.53. The number of thiocarbonyl (C=S) groups is 1. The molecule has 0 bridgehead atoms. The van der Waals surface area contributed by atoms with E-state index in [2.05, 4.69) is 5.32 Å². The van der Waals surface area contributed by atoms with Gasteiger partial charge < -0.3 is 11.1 Å². The number of rotatable bonds is 3. The lowest BCUT2D eigenvalue weighted by molar-refractivity contribution is 0.102. The molecule has 3 N–H and O–H groups in total. The molecule has 2 aromatic rings. The first-order chi connectivity index (χ1) is 9.88. The van der Waals surface area contributed by atoms with Crippen molar-refractivity contribution in [2.45, 2.75) is 0 Å². The second-order valence-electron chi connectivity index (χ2n) is 4.14. The smallest absolute Gasteiger partial charge is 0.257 e. The third-order valence-corrected chi connectivity index (χ3v) is 3.23. The van der Waals surface area contributed by atoms with Crippen LogP contribution in [0.5, 0.6) is 0 Å². The van der Waals surface area contributed by atoms with Gasteiger partial charge in [-0.25, -0.2) is 8.78 Å². The number of hydrogen-bond acceptors (Lipinski definition) is 2. The van der Waals surface area contributed by atoms with Gasteiger partial charge in [-0.2, -0.15) is 0 Å². The number of anilines is 1. The number of hydrogen-bond donors (Lipinski definition) is 2. The number of nitrogens with two attached hydrogens (primary N) is 1. The van der Waals surface area contributed by atoms with E-state index in [4.69, 9.17) is 29.6 Å². The minimum atomic E-state index is -0.688. The topological polar surface area (TPSA) is 55.1 Å². The number of amides is 1. The standard InChI is InChI=1S/C14H9ClF2N2OS/c15-10-6-8(16)2-3-9(10)14(20)19-12-4-1-7(13(18)21)5-11(12)17/h1-6H,(H2,18,21)(H,19,20). The van der Waals surface area contributed by atoms with Crippen molar-refractivity contribution in [2.75, 3.05) is 5.32 Å². The van der Waals surface area contributed by atoms with Crippen molar-refractivity contribution in [1.29, 1.82) is 0 Å². The maximum absolute atomic E-state index is 13.8. The summed E-state index contributed by atoms with van der Waals surface area (Å²) >= 11 is 10.5. The normalized spacial score (nSPS) is 10.2. The maximum atomic E-state index is 13.8. The summed E-state index contributed by atoms with van der Waals surface area (Å²) in [6.45, 7) is 0. The van der Waals surface area contributed by atoms with E-state index < -0.39 is 17.5 Å². The van der Waals surface area contributed by atoms with Gasteiger partial charge in [0, 0.05) is 5.56 Å². The van der Waals surface area contributed by atoms with Crippen molar-refractivity contribution in [1.82, 2.24) is 0 Å². The fourth-order valence-electron chi connectivity index (χ4n) is 1.63. The largest absolute Gasteiger partial charge is 0.389 e. The van der Waals surface area contributed by atoms with Crippen LogP contribution in [-0.4, -0.2) is 10.9 Å². The summed E-state index contributed by atoms with van der Waals surface area (Å²) in [6, 6.07) is 7.24. The van der Waals surface area contributed by atoms with Gasteiger partial charge in [0.15, 0.2) is 0 Å². The molecule has 0 aliphatic rings. The predicted molar refractivity (Wildman–Crippen MR) is 81.7 cm³/mol. The van der Waals surface area contributed by atoms with E-state index >= 15 is 0 Å². The van der Waals surface area contributed by atoms with Crippen LogP contribution in [0.2, 0.25) is 5.02 Å². The quantitative estimate of drug-likeness (QED) is 0.849. The summed E-state index contributed by atoms with van der Waals surface area (Å²) in [4.78, 5) is 12.0. The Balaban J connectivity index is 2.25. The zero-order chi connectivity index (χ0) is 15.6. The van der Waals surface area contributed by atoms with Crippen molar-refractivity contribution in [3.05, 3.63) is 64.2 Å². The van der Waals surface area contributed by atoms with E-state index in [1.807, 2.05) is 0 Å². The lowest BCUT2D eigenvalue weighted by Crippen LogP contribution is -2.15. The predicted octanol–water partition coefficient (Wildman–Crippen LogP) is 3.50. The van der Waals surface area contributed by atoms with Gasteiger partial charge in [0.1, 0.15) is 16.6 Å². The van der Waals surface area contributed by atoms with Gasteiger partial charge in [-0.3, -0.25) is 4.79 Å². The van der Waals surface area contributed by atoms with Gasteiger partial charge in [0.2, 0.25) is 0 Å². The number of carbonyl (C=O) groups excluding carboxylic acids is 1. The zero-order valence-electron chi connectivity index (χ0n) is 10.5. The molecule has 1 amide bonds. The highest BCUT2D eigenvalue weighted by Gasteiger charge is 2.14. The molecule has 0 saturated carbocycles. The second-order valence-corrected chi connectivity index (χ2v) is 4.98. The van der Waals surface area contributed by atoms with E-state index in [1.54, 1.807) is 0 Å². The van der Waals surface area contributed by atoms with E-state index in [9.17, 15) is 13.6 Å². The Morgan fingerprint density at radius 1 is 1.19 bits per heavy atom. The number of benzene rings is 2. The maximum Gasteiger partial charge on any atom is 0.257 e. The lowest BCUT2D eigenvalue weighted by Gasteiger charge is -2.09. The minimum Gasteiger partial charge on any atom is -0.389 e. The van der Waals surface area contributed by atoms with Crippen LogP contribution in [0.3, 0.4) is 0 Å². The molecule has 0 radical (unpaired) electrons. The van der Waals surface area contributed by atoms with Crippen LogP contribution in [0.25, 0.3) is 0 Å². The number of halogens is 3. The minimum absolute atomic E-state index is 0.0379. The highest BCUT2D eigenvalue weighted by Crippen LogP contribution is 2.21. The van der Waals surface area contributed by atoms with Crippen LogP contribution in [0, 0.1) is 11.6 Å². The van der Waals surface area contributed by atoms with E-state index in [1.165, 1.54) is 18.2 Å². The van der Waals surface area contributed by atoms with Crippen molar-refractivity contribution in [3.63, 3.8) is 0 Å². The summed E-state index contributed by atoms with van der Waals surface area (Å²) in [5.41, 5.74) is 5.71. The van der Waals surface area contributed by atoms with Crippen LogP contribution in [-0.2, 0) is 0 Å². The second kappa shape index (κ2) is 6.15. The summed E-state index contributed by atoms with van der Waals surface area (Å²) in [7, 11) is 0. The Labute approximate surface area is 129 Å². The lowest BCUT2D eigenvalue weighted by atomic mass is 10.1. The van der Waals surface area contributed by atoms with Crippen LogP contribution in [0.4, 0.5) is 14.5 Å². The average Bonchev–Trinajstić information content (AvgIpc) is 2.40. The fourth-order valence-corrected chi connectivity index (χ4v) is 2.01. The molecule has 0 aromatic heterocycles. The molecule has 0 fully saturated rings. The third kappa shape index (κ3) is 3.53. The molecule has 0 spiro atoms. The summed E-state index contributed by atoms with van der Waals surface area (Å²) in [6.07, 6.45) is 0. The van der Waals surface area contributed by atoms with Crippen molar-refractivity contribution < 1.29 is 13.6 Å². The first-order valence-electron chi connectivity index (χ1n) is 5.74. The molecule has 0 aliphatic heterocycles. The van der Waals surface area contributed by atoms with Gasteiger partial charge in [-0.15, -0.1) is 0 Å². The molecule has 2 aromatic carbocycles.